The molecule has 0 radical (unpaired) electrons. The first-order valence-electron chi connectivity index (χ1n) is 5.23. The van der Waals surface area contributed by atoms with Gasteiger partial charge in [-0.2, -0.15) is 0 Å². The van der Waals surface area contributed by atoms with Gasteiger partial charge < -0.3 is 14.8 Å². The summed E-state index contributed by atoms with van der Waals surface area (Å²) >= 11 is 0. The summed E-state index contributed by atoms with van der Waals surface area (Å²) in [5.41, 5.74) is 0. The van der Waals surface area contributed by atoms with Crippen LogP contribution in [0.25, 0.3) is 0 Å². The Kier molecular flexibility index (Phi) is 2.94. The largest absolute Gasteiger partial charge is 0.481 e. The molecule has 1 aromatic rings. The van der Waals surface area contributed by atoms with Gasteiger partial charge in [0.25, 0.3) is 5.91 Å². The summed E-state index contributed by atoms with van der Waals surface area (Å²) in [6.45, 7) is 0. The molecule has 2 N–H and O–H groups in total. The molecule has 0 unspecified atom stereocenters. The van der Waals surface area contributed by atoms with E-state index in [9.17, 15) is 9.59 Å². The normalized spacial score (nSPS) is 16.8. The Morgan fingerprint density at radius 3 is 2.81 bits per heavy atom. The third-order valence-corrected chi connectivity index (χ3v) is 2.65. The molecule has 1 fully saturated rings. The quantitative estimate of drug-likeness (QED) is 0.787. The second-order valence-electron chi connectivity index (χ2n) is 3.99. The third-order valence-electron chi connectivity index (χ3n) is 2.65. The minimum Gasteiger partial charge on any atom is -0.481 e. The number of furan rings is 1. The van der Waals surface area contributed by atoms with E-state index in [4.69, 9.17) is 9.52 Å². The van der Waals surface area contributed by atoms with Crippen LogP contribution in [0.2, 0.25) is 0 Å². The highest BCUT2D eigenvalue weighted by Gasteiger charge is 2.34. The summed E-state index contributed by atoms with van der Waals surface area (Å²) in [7, 11) is 0. The number of hydrogen-bond acceptors (Lipinski definition) is 3. The topological polar surface area (TPSA) is 79.5 Å². The van der Waals surface area contributed by atoms with E-state index in [1.165, 1.54) is 6.26 Å². The summed E-state index contributed by atoms with van der Waals surface area (Å²) in [5, 5.41) is 11.4. The van der Waals surface area contributed by atoms with Crippen molar-refractivity contribution in [3.8, 4) is 0 Å². The SMILES string of the molecule is O=C(O)C[C@@H](NC(=O)c1ccco1)C1CC1. The van der Waals surface area contributed by atoms with Crippen molar-refractivity contribution in [2.24, 2.45) is 5.92 Å². The zero-order valence-corrected chi connectivity index (χ0v) is 8.68. The Morgan fingerprint density at radius 2 is 2.31 bits per heavy atom. The minimum atomic E-state index is -0.892. The first-order chi connectivity index (χ1) is 7.66. The van der Waals surface area contributed by atoms with E-state index in [0.29, 0.717) is 5.92 Å². The molecular weight excluding hydrogens is 210 g/mol. The van der Waals surface area contributed by atoms with Crippen LogP contribution in [-0.2, 0) is 4.79 Å². The smallest absolute Gasteiger partial charge is 0.305 e. The van der Waals surface area contributed by atoms with Crippen molar-refractivity contribution in [3.05, 3.63) is 24.2 Å². The number of nitrogens with one attached hydrogen (secondary N) is 1. The summed E-state index contributed by atoms with van der Waals surface area (Å²) in [6, 6.07) is 2.90. The lowest BCUT2D eigenvalue weighted by Crippen LogP contribution is -2.37. The molecule has 2 rings (SSSR count). The van der Waals surface area contributed by atoms with Crippen molar-refractivity contribution >= 4 is 11.9 Å². The second-order valence-corrected chi connectivity index (χ2v) is 3.99. The molecule has 1 aliphatic carbocycles. The summed E-state index contributed by atoms with van der Waals surface area (Å²) < 4.78 is 4.94. The Labute approximate surface area is 92.4 Å². The summed E-state index contributed by atoms with van der Waals surface area (Å²) in [5.74, 6) is -0.717. The lowest BCUT2D eigenvalue weighted by molar-refractivity contribution is -0.137. The maximum absolute atomic E-state index is 11.6. The number of carbonyl (C=O) groups is 2. The van der Waals surface area contributed by atoms with Crippen LogP contribution in [0.3, 0.4) is 0 Å². The van der Waals surface area contributed by atoms with Crippen molar-refractivity contribution in [2.45, 2.75) is 25.3 Å². The average Bonchev–Trinajstić information content (AvgIpc) is 2.91. The monoisotopic (exact) mass is 223 g/mol. The van der Waals surface area contributed by atoms with Gasteiger partial charge in [-0.15, -0.1) is 0 Å². The molecular formula is C11H13NO4. The van der Waals surface area contributed by atoms with E-state index in [1.807, 2.05) is 0 Å². The van der Waals surface area contributed by atoms with Crippen LogP contribution in [0.4, 0.5) is 0 Å². The van der Waals surface area contributed by atoms with E-state index in [2.05, 4.69) is 5.32 Å². The molecule has 1 saturated carbocycles. The number of hydrogen-bond donors (Lipinski definition) is 2. The van der Waals surface area contributed by atoms with E-state index in [-0.39, 0.29) is 24.1 Å². The van der Waals surface area contributed by atoms with Gasteiger partial charge in [0.05, 0.1) is 12.7 Å². The standard InChI is InChI=1S/C11H13NO4/c13-10(14)6-8(7-3-4-7)12-11(15)9-2-1-5-16-9/h1-2,5,7-8H,3-4,6H2,(H,12,15)(H,13,14)/t8-/m1/s1. The van der Waals surface area contributed by atoms with Crippen LogP contribution in [0.1, 0.15) is 29.8 Å². The van der Waals surface area contributed by atoms with Gasteiger partial charge in [0.15, 0.2) is 5.76 Å². The zero-order valence-electron chi connectivity index (χ0n) is 8.68. The van der Waals surface area contributed by atoms with Gasteiger partial charge in [-0.25, -0.2) is 0 Å². The van der Waals surface area contributed by atoms with E-state index < -0.39 is 5.97 Å². The van der Waals surface area contributed by atoms with Crippen LogP contribution < -0.4 is 5.32 Å². The van der Waals surface area contributed by atoms with Crippen LogP contribution in [0.15, 0.2) is 22.8 Å². The number of carboxylic acid groups (broad SMARTS) is 1. The van der Waals surface area contributed by atoms with Gasteiger partial charge in [-0.05, 0) is 30.9 Å². The number of carbonyl (C=O) groups excluding carboxylic acids is 1. The molecule has 1 aromatic heterocycles. The predicted octanol–water partition coefficient (Wildman–Crippen LogP) is 1.26. The Hall–Kier alpha value is -1.78. The van der Waals surface area contributed by atoms with E-state index in [0.717, 1.165) is 12.8 Å². The highest BCUT2D eigenvalue weighted by atomic mass is 16.4. The molecule has 5 heteroatoms. The molecule has 5 nitrogen and oxygen atoms in total. The second kappa shape index (κ2) is 4.38. The molecule has 1 aliphatic rings. The van der Waals surface area contributed by atoms with Crippen molar-refractivity contribution < 1.29 is 19.1 Å². The first-order valence-corrected chi connectivity index (χ1v) is 5.23. The fourth-order valence-corrected chi connectivity index (χ4v) is 1.67. The lowest BCUT2D eigenvalue weighted by Gasteiger charge is -2.14. The van der Waals surface area contributed by atoms with E-state index >= 15 is 0 Å². The molecule has 1 heterocycles. The Balaban J connectivity index is 1.95. The third kappa shape index (κ3) is 2.62. The summed E-state index contributed by atoms with van der Waals surface area (Å²) in [6.07, 6.45) is 3.35. The Morgan fingerprint density at radius 1 is 1.56 bits per heavy atom. The van der Waals surface area contributed by atoms with Crippen molar-refractivity contribution in [3.63, 3.8) is 0 Å². The number of amides is 1. The summed E-state index contributed by atoms with van der Waals surface area (Å²) in [4.78, 5) is 22.3. The van der Waals surface area contributed by atoms with Gasteiger partial charge in [0, 0.05) is 6.04 Å². The van der Waals surface area contributed by atoms with Gasteiger partial charge in [0.1, 0.15) is 0 Å². The molecule has 0 spiro atoms. The molecule has 1 atom stereocenters. The van der Waals surface area contributed by atoms with Crippen LogP contribution in [-0.4, -0.2) is 23.0 Å². The van der Waals surface area contributed by atoms with Crippen molar-refractivity contribution in [1.82, 2.24) is 5.32 Å². The number of carboxylic acids is 1. The Bertz CT molecular complexity index is 381. The molecule has 86 valence electrons. The maximum atomic E-state index is 11.6. The fraction of sp³-hybridized carbons (Fsp3) is 0.455. The predicted molar refractivity (Wildman–Crippen MR) is 54.9 cm³/mol. The number of aliphatic carboxylic acids is 1. The highest BCUT2D eigenvalue weighted by Crippen LogP contribution is 2.34. The fourth-order valence-electron chi connectivity index (χ4n) is 1.67. The van der Waals surface area contributed by atoms with E-state index in [1.54, 1.807) is 12.1 Å². The maximum Gasteiger partial charge on any atom is 0.305 e. The van der Waals surface area contributed by atoms with Crippen LogP contribution in [0.5, 0.6) is 0 Å². The number of rotatable bonds is 5. The average molecular weight is 223 g/mol. The first kappa shape index (κ1) is 10.7. The van der Waals surface area contributed by atoms with Gasteiger partial charge in [0.2, 0.25) is 0 Å². The molecule has 1 amide bonds. The van der Waals surface area contributed by atoms with Crippen LogP contribution >= 0.6 is 0 Å². The lowest BCUT2D eigenvalue weighted by atomic mass is 10.1. The van der Waals surface area contributed by atoms with Gasteiger partial charge >= 0.3 is 5.97 Å². The molecule has 0 aliphatic heterocycles. The van der Waals surface area contributed by atoms with Gasteiger partial charge in [-0.1, -0.05) is 0 Å². The molecule has 16 heavy (non-hydrogen) atoms. The highest BCUT2D eigenvalue weighted by molar-refractivity contribution is 5.91. The minimum absolute atomic E-state index is 0.0306. The molecule has 0 saturated heterocycles. The zero-order chi connectivity index (χ0) is 11.5. The molecule has 0 aromatic carbocycles. The van der Waals surface area contributed by atoms with Crippen molar-refractivity contribution in [2.75, 3.05) is 0 Å². The van der Waals surface area contributed by atoms with Gasteiger partial charge in [-0.3, -0.25) is 9.59 Å². The van der Waals surface area contributed by atoms with Crippen molar-refractivity contribution in [1.29, 1.82) is 0 Å². The van der Waals surface area contributed by atoms with Crippen LogP contribution in [0, 0.1) is 5.92 Å². The molecule has 0 bridgehead atoms.